The number of nitrogens with zero attached hydrogens (tertiary/aromatic N) is 1. The molecule has 3 rings (SSSR count). The van der Waals surface area contributed by atoms with E-state index in [1.165, 1.54) is 10.4 Å². The summed E-state index contributed by atoms with van der Waals surface area (Å²) in [6.07, 6.45) is 0.636. The summed E-state index contributed by atoms with van der Waals surface area (Å²) in [6.45, 7) is 4.53. The molecule has 0 fully saturated rings. The van der Waals surface area contributed by atoms with E-state index in [0.717, 1.165) is 10.9 Å². The Morgan fingerprint density at radius 2 is 2.04 bits per heavy atom. The number of hydrogen-bond donors (Lipinski definition) is 0. The van der Waals surface area contributed by atoms with Crippen molar-refractivity contribution >= 4 is 28.2 Å². The van der Waals surface area contributed by atoms with Crippen molar-refractivity contribution in [1.82, 2.24) is 4.90 Å². The van der Waals surface area contributed by atoms with Crippen LogP contribution in [-0.2, 0) is 17.8 Å². The van der Waals surface area contributed by atoms with Crippen LogP contribution >= 0.6 is 11.3 Å². The van der Waals surface area contributed by atoms with Gasteiger partial charge in [-0.15, -0.1) is 11.3 Å². The number of fused-ring (bicyclic) bond motifs is 1. The zero-order chi connectivity index (χ0) is 19.6. The predicted octanol–water partition coefficient (Wildman–Crippen LogP) is 4.07. The van der Waals surface area contributed by atoms with Crippen molar-refractivity contribution in [3.05, 3.63) is 61.6 Å². The number of ether oxygens (including phenoxy) is 1. The lowest BCUT2D eigenvalue weighted by Gasteiger charge is -2.17. The fraction of sp³-hybridized carbons (Fsp3) is 0.333. The first kappa shape index (κ1) is 19.2. The van der Waals surface area contributed by atoms with Gasteiger partial charge in [0.2, 0.25) is 5.91 Å². The third-order valence-electron chi connectivity index (χ3n) is 4.86. The van der Waals surface area contributed by atoms with E-state index in [-0.39, 0.29) is 12.3 Å². The Balaban J connectivity index is 1.75. The minimum absolute atomic E-state index is 0.0106. The van der Waals surface area contributed by atoms with Gasteiger partial charge in [-0.25, -0.2) is 4.79 Å². The fourth-order valence-corrected chi connectivity index (χ4v) is 4.04. The maximum atomic E-state index is 12.5. The molecule has 2 aromatic heterocycles. The number of rotatable bonds is 6. The first-order valence-electron chi connectivity index (χ1n) is 8.78. The van der Waals surface area contributed by atoms with Crippen LogP contribution in [0.4, 0.5) is 0 Å². The van der Waals surface area contributed by atoms with Gasteiger partial charge in [0, 0.05) is 35.4 Å². The highest BCUT2D eigenvalue weighted by Gasteiger charge is 2.16. The Morgan fingerprint density at radius 3 is 2.70 bits per heavy atom. The average molecular weight is 385 g/mol. The standard InChI is InChI=1S/C21H23NO4S/c1-13-9-10-27-19(13)12-22(3)20(23)8-7-17-14(2)16-6-5-15(25-4)11-18(16)26-21(17)24/h5-6,9-11H,7-8,12H2,1-4H3. The lowest BCUT2D eigenvalue weighted by atomic mass is 10.0. The third kappa shape index (κ3) is 4.06. The van der Waals surface area contributed by atoms with Crippen molar-refractivity contribution in [3.8, 4) is 5.75 Å². The van der Waals surface area contributed by atoms with Gasteiger partial charge in [-0.2, -0.15) is 0 Å². The molecule has 0 radical (unpaired) electrons. The third-order valence-corrected chi connectivity index (χ3v) is 5.87. The van der Waals surface area contributed by atoms with Crippen molar-refractivity contribution in [3.63, 3.8) is 0 Å². The normalized spacial score (nSPS) is 11.0. The minimum atomic E-state index is -0.391. The number of amides is 1. The molecular weight excluding hydrogens is 362 g/mol. The summed E-state index contributed by atoms with van der Waals surface area (Å²) in [5.74, 6) is 0.648. The molecule has 0 aliphatic heterocycles. The van der Waals surface area contributed by atoms with E-state index in [1.807, 2.05) is 31.4 Å². The summed E-state index contributed by atoms with van der Waals surface area (Å²) >= 11 is 1.65. The van der Waals surface area contributed by atoms with E-state index in [9.17, 15) is 9.59 Å². The Kier molecular flexibility index (Phi) is 5.65. The van der Waals surface area contributed by atoms with E-state index in [1.54, 1.807) is 36.5 Å². The number of methoxy groups -OCH3 is 1. The fourth-order valence-electron chi connectivity index (χ4n) is 3.08. The van der Waals surface area contributed by atoms with Crippen LogP contribution in [-0.4, -0.2) is 25.0 Å². The molecule has 0 N–H and O–H groups in total. The first-order chi connectivity index (χ1) is 12.9. The molecule has 1 amide bonds. The van der Waals surface area contributed by atoms with Crippen LogP contribution in [0.2, 0.25) is 0 Å². The van der Waals surface area contributed by atoms with Gasteiger partial charge < -0.3 is 14.1 Å². The number of aryl methyl sites for hydroxylation is 2. The van der Waals surface area contributed by atoms with E-state index in [4.69, 9.17) is 9.15 Å². The van der Waals surface area contributed by atoms with Crippen molar-refractivity contribution < 1.29 is 13.9 Å². The van der Waals surface area contributed by atoms with E-state index in [0.29, 0.717) is 29.9 Å². The van der Waals surface area contributed by atoms with Gasteiger partial charge in [0.15, 0.2) is 0 Å². The highest BCUT2D eigenvalue weighted by atomic mass is 32.1. The smallest absolute Gasteiger partial charge is 0.339 e. The molecule has 3 aromatic rings. The van der Waals surface area contributed by atoms with Crippen molar-refractivity contribution in [2.24, 2.45) is 0 Å². The Bertz CT molecular complexity index is 1030. The summed E-state index contributed by atoms with van der Waals surface area (Å²) in [6, 6.07) is 7.47. The maximum Gasteiger partial charge on any atom is 0.339 e. The molecule has 0 unspecified atom stereocenters. The van der Waals surface area contributed by atoms with Crippen LogP contribution in [0.25, 0.3) is 11.0 Å². The lowest BCUT2D eigenvalue weighted by Crippen LogP contribution is -2.27. The van der Waals surface area contributed by atoms with Gasteiger partial charge in [0.1, 0.15) is 11.3 Å². The molecule has 6 heteroatoms. The molecule has 0 saturated heterocycles. The molecule has 2 heterocycles. The SMILES string of the molecule is COc1ccc2c(C)c(CCC(=O)N(C)Cc3sccc3C)c(=O)oc2c1. The monoisotopic (exact) mass is 385 g/mol. The van der Waals surface area contributed by atoms with Crippen LogP contribution in [0.3, 0.4) is 0 Å². The zero-order valence-electron chi connectivity index (χ0n) is 16.0. The number of benzene rings is 1. The van der Waals surface area contributed by atoms with E-state index >= 15 is 0 Å². The Hall–Kier alpha value is -2.60. The zero-order valence-corrected chi connectivity index (χ0v) is 16.8. The summed E-state index contributed by atoms with van der Waals surface area (Å²) < 4.78 is 10.6. The van der Waals surface area contributed by atoms with Gasteiger partial charge in [0.25, 0.3) is 0 Å². The van der Waals surface area contributed by atoms with E-state index < -0.39 is 5.63 Å². The second kappa shape index (κ2) is 7.96. The first-order valence-corrected chi connectivity index (χ1v) is 9.66. The van der Waals surface area contributed by atoms with Crippen molar-refractivity contribution in [2.45, 2.75) is 33.2 Å². The molecule has 0 atom stereocenters. The molecular formula is C21H23NO4S. The summed E-state index contributed by atoms with van der Waals surface area (Å²) in [4.78, 5) is 27.8. The van der Waals surface area contributed by atoms with Gasteiger partial charge in [-0.3, -0.25) is 4.79 Å². The van der Waals surface area contributed by atoms with Crippen LogP contribution in [0, 0.1) is 13.8 Å². The molecule has 0 spiro atoms. The topological polar surface area (TPSA) is 59.8 Å². The molecule has 0 bridgehead atoms. The second-order valence-corrected chi connectivity index (χ2v) is 7.63. The number of thiophene rings is 1. The Morgan fingerprint density at radius 1 is 1.26 bits per heavy atom. The predicted molar refractivity (Wildman–Crippen MR) is 108 cm³/mol. The molecule has 0 aliphatic rings. The van der Waals surface area contributed by atoms with Crippen LogP contribution < -0.4 is 10.4 Å². The second-order valence-electron chi connectivity index (χ2n) is 6.63. The molecule has 0 aliphatic carbocycles. The highest BCUT2D eigenvalue weighted by molar-refractivity contribution is 7.10. The van der Waals surface area contributed by atoms with E-state index in [2.05, 4.69) is 6.07 Å². The van der Waals surface area contributed by atoms with Crippen molar-refractivity contribution in [2.75, 3.05) is 14.2 Å². The minimum Gasteiger partial charge on any atom is -0.497 e. The van der Waals surface area contributed by atoms with Crippen LogP contribution in [0.1, 0.15) is 28.0 Å². The van der Waals surface area contributed by atoms with Gasteiger partial charge >= 0.3 is 5.63 Å². The van der Waals surface area contributed by atoms with Crippen molar-refractivity contribution in [1.29, 1.82) is 0 Å². The van der Waals surface area contributed by atoms with Crippen LogP contribution in [0.5, 0.6) is 5.75 Å². The van der Waals surface area contributed by atoms with Gasteiger partial charge in [-0.1, -0.05) is 0 Å². The quantitative estimate of drug-likeness (QED) is 0.600. The summed E-state index contributed by atoms with van der Waals surface area (Å²) in [5.41, 5.74) is 2.71. The van der Waals surface area contributed by atoms with Crippen LogP contribution in [0.15, 0.2) is 38.9 Å². The lowest BCUT2D eigenvalue weighted by molar-refractivity contribution is -0.130. The number of carbonyl (C=O) groups excluding carboxylic acids is 1. The summed E-state index contributed by atoms with van der Waals surface area (Å²) in [5, 5.41) is 2.89. The average Bonchev–Trinajstić information content (AvgIpc) is 3.05. The molecule has 0 saturated carbocycles. The highest BCUT2D eigenvalue weighted by Crippen LogP contribution is 2.24. The largest absolute Gasteiger partial charge is 0.497 e. The van der Waals surface area contributed by atoms with Gasteiger partial charge in [0.05, 0.1) is 13.7 Å². The molecule has 142 valence electrons. The molecule has 27 heavy (non-hydrogen) atoms. The van der Waals surface area contributed by atoms with Gasteiger partial charge in [-0.05, 0) is 55.0 Å². The molecule has 5 nitrogen and oxygen atoms in total. The summed E-state index contributed by atoms with van der Waals surface area (Å²) in [7, 11) is 3.36. The Labute approximate surface area is 162 Å². The maximum absolute atomic E-state index is 12.5. The number of carbonyl (C=O) groups is 1. The number of hydrogen-bond acceptors (Lipinski definition) is 5. The molecule has 1 aromatic carbocycles.